The molecule has 0 aromatic heterocycles. The Kier molecular flexibility index (Phi) is 2.83. The summed E-state index contributed by atoms with van der Waals surface area (Å²) in [5, 5.41) is 1.96. The minimum absolute atomic E-state index is 0.135. The van der Waals surface area contributed by atoms with E-state index in [2.05, 4.69) is 10.4 Å². The summed E-state index contributed by atoms with van der Waals surface area (Å²) < 4.78 is 0. The minimum atomic E-state index is -0.135. The van der Waals surface area contributed by atoms with E-state index in [1.165, 1.54) is 5.01 Å². The van der Waals surface area contributed by atoms with Gasteiger partial charge in [-0.25, -0.2) is 4.99 Å². The van der Waals surface area contributed by atoms with Gasteiger partial charge in [0.2, 0.25) is 0 Å². The van der Waals surface area contributed by atoms with Crippen molar-refractivity contribution in [3.05, 3.63) is 28.8 Å². The lowest BCUT2D eigenvalue weighted by atomic mass is 10.1. The van der Waals surface area contributed by atoms with Gasteiger partial charge in [0.1, 0.15) is 5.84 Å². The third-order valence-corrected chi connectivity index (χ3v) is 2.62. The number of nitrogens with one attached hydrogen (secondary N) is 1. The lowest BCUT2D eigenvalue weighted by Crippen LogP contribution is -2.41. The van der Waals surface area contributed by atoms with Crippen molar-refractivity contribution in [3.63, 3.8) is 0 Å². The van der Waals surface area contributed by atoms with Crippen LogP contribution in [0.3, 0.4) is 0 Å². The first kappa shape index (κ1) is 11.0. The van der Waals surface area contributed by atoms with Crippen LogP contribution in [0.1, 0.15) is 23.7 Å². The Morgan fingerprint density at radius 3 is 2.94 bits per heavy atom. The van der Waals surface area contributed by atoms with Crippen LogP contribution in [0.4, 0.5) is 5.69 Å². The summed E-state index contributed by atoms with van der Waals surface area (Å²) in [7, 11) is 1.67. The molecule has 2 rings (SSSR count). The zero-order valence-corrected chi connectivity index (χ0v) is 9.88. The molecule has 4 nitrogen and oxygen atoms in total. The van der Waals surface area contributed by atoms with Crippen LogP contribution in [-0.4, -0.2) is 23.8 Å². The van der Waals surface area contributed by atoms with Crippen molar-refractivity contribution in [1.82, 2.24) is 10.4 Å². The second kappa shape index (κ2) is 4.14. The van der Waals surface area contributed by atoms with E-state index in [0.717, 1.165) is 12.3 Å². The molecular weight excluding hydrogens is 226 g/mol. The van der Waals surface area contributed by atoms with Crippen molar-refractivity contribution in [2.45, 2.75) is 13.3 Å². The van der Waals surface area contributed by atoms with E-state index in [4.69, 9.17) is 11.6 Å². The van der Waals surface area contributed by atoms with Crippen LogP contribution in [0, 0.1) is 0 Å². The second-order valence-corrected chi connectivity index (χ2v) is 3.99. The summed E-state index contributed by atoms with van der Waals surface area (Å²) in [6, 6.07) is 5.13. The Bertz CT molecular complexity index is 470. The lowest BCUT2D eigenvalue weighted by molar-refractivity contribution is 0.0761. The van der Waals surface area contributed by atoms with Gasteiger partial charge in [-0.05, 0) is 18.2 Å². The van der Waals surface area contributed by atoms with E-state index in [1.807, 2.05) is 6.92 Å². The van der Waals surface area contributed by atoms with Gasteiger partial charge < -0.3 is 0 Å². The van der Waals surface area contributed by atoms with E-state index < -0.39 is 0 Å². The molecule has 1 amide bonds. The number of carbonyl (C=O) groups is 1. The van der Waals surface area contributed by atoms with Crippen molar-refractivity contribution in [2.24, 2.45) is 4.99 Å². The number of hydrazine groups is 1. The fourth-order valence-electron chi connectivity index (χ4n) is 1.53. The molecule has 0 bridgehead atoms. The van der Waals surface area contributed by atoms with E-state index >= 15 is 0 Å². The second-order valence-electron chi connectivity index (χ2n) is 3.55. The summed E-state index contributed by atoms with van der Waals surface area (Å²) in [5.74, 6) is 0.627. The molecule has 5 heteroatoms. The smallest absolute Gasteiger partial charge is 0.274 e. The molecule has 1 aliphatic rings. The van der Waals surface area contributed by atoms with Crippen molar-refractivity contribution < 1.29 is 4.79 Å². The average molecular weight is 238 g/mol. The highest BCUT2D eigenvalue weighted by atomic mass is 35.5. The average Bonchev–Trinajstić information content (AvgIpc) is 2.39. The Morgan fingerprint density at radius 1 is 1.50 bits per heavy atom. The Hall–Kier alpha value is -1.55. The zero-order valence-electron chi connectivity index (χ0n) is 9.12. The van der Waals surface area contributed by atoms with Gasteiger partial charge in [0.15, 0.2) is 0 Å². The third kappa shape index (κ3) is 1.88. The number of hydrogen-bond acceptors (Lipinski definition) is 3. The molecule has 84 valence electrons. The van der Waals surface area contributed by atoms with Crippen molar-refractivity contribution in [1.29, 1.82) is 0 Å². The van der Waals surface area contributed by atoms with Crippen LogP contribution in [0.5, 0.6) is 0 Å². The van der Waals surface area contributed by atoms with Gasteiger partial charge in [0.05, 0.1) is 11.3 Å². The van der Waals surface area contributed by atoms with Crippen molar-refractivity contribution in [2.75, 3.05) is 7.05 Å². The van der Waals surface area contributed by atoms with Gasteiger partial charge in [0, 0.05) is 18.5 Å². The standard InChI is InChI=1S/C11H12ClN3O/c1-3-10-13-9-5-4-7(12)6-8(9)11(16)15(2)14-10/h4-6H,3H2,1-2H3,(H,13,14). The normalized spacial score (nSPS) is 15.1. The van der Waals surface area contributed by atoms with Gasteiger partial charge in [-0.1, -0.05) is 18.5 Å². The van der Waals surface area contributed by atoms with Gasteiger partial charge in [0.25, 0.3) is 5.91 Å². The first-order valence-corrected chi connectivity index (χ1v) is 5.41. The highest BCUT2D eigenvalue weighted by Crippen LogP contribution is 2.26. The van der Waals surface area contributed by atoms with Crippen LogP contribution >= 0.6 is 11.6 Å². The molecule has 0 unspecified atom stereocenters. The number of benzene rings is 1. The zero-order chi connectivity index (χ0) is 11.7. The van der Waals surface area contributed by atoms with E-state index in [-0.39, 0.29) is 5.91 Å². The van der Waals surface area contributed by atoms with Crippen LogP contribution in [0.2, 0.25) is 5.02 Å². The molecule has 0 radical (unpaired) electrons. The highest BCUT2D eigenvalue weighted by molar-refractivity contribution is 6.31. The van der Waals surface area contributed by atoms with Gasteiger partial charge in [-0.2, -0.15) is 0 Å². The summed E-state index contributed by atoms with van der Waals surface area (Å²) in [6.45, 7) is 1.98. The fraction of sp³-hybridized carbons (Fsp3) is 0.273. The van der Waals surface area contributed by atoms with Crippen LogP contribution in [0.25, 0.3) is 0 Å². The number of fused-ring (bicyclic) bond motifs is 1. The monoisotopic (exact) mass is 237 g/mol. The maximum absolute atomic E-state index is 12.0. The molecule has 0 saturated carbocycles. The molecule has 1 heterocycles. The Morgan fingerprint density at radius 2 is 2.25 bits per heavy atom. The predicted molar refractivity (Wildman–Crippen MR) is 64.1 cm³/mol. The Balaban J connectivity index is 2.57. The number of hydrogen-bond donors (Lipinski definition) is 1. The number of amides is 1. The highest BCUT2D eigenvalue weighted by Gasteiger charge is 2.20. The first-order valence-electron chi connectivity index (χ1n) is 5.03. The van der Waals surface area contributed by atoms with Gasteiger partial charge in [-0.3, -0.25) is 15.2 Å². The van der Waals surface area contributed by atoms with Gasteiger partial charge in [-0.15, -0.1) is 0 Å². The summed E-state index contributed by atoms with van der Waals surface area (Å²) in [5.41, 5.74) is 4.11. The molecule has 0 aliphatic carbocycles. The molecule has 0 fully saturated rings. The molecular formula is C11H12ClN3O. The van der Waals surface area contributed by atoms with Crippen LogP contribution in [-0.2, 0) is 0 Å². The van der Waals surface area contributed by atoms with Crippen molar-refractivity contribution in [3.8, 4) is 0 Å². The van der Waals surface area contributed by atoms with E-state index in [1.54, 1.807) is 25.2 Å². The molecule has 0 atom stereocenters. The largest absolute Gasteiger partial charge is 0.283 e. The molecule has 1 aromatic rings. The number of nitrogens with zero attached hydrogens (tertiary/aromatic N) is 2. The number of carbonyl (C=O) groups excluding carboxylic acids is 1. The lowest BCUT2D eigenvalue weighted by Gasteiger charge is -2.17. The quantitative estimate of drug-likeness (QED) is 0.815. The summed E-state index contributed by atoms with van der Waals surface area (Å²) >= 11 is 5.87. The van der Waals surface area contributed by atoms with Crippen LogP contribution < -0.4 is 5.43 Å². The molecule has 1 aliphatic heterocycles. The molecule has 1 N–H and O–H groups in total. The topological polar surface area (TPSA) is 44.7 Å². The maximum Gasteiger partial charge on any atom is 0.274 e. The predicted octanol–water partition coefficient (Wildman–Crippen LogP) is 2.37. The Labute approximate surface area is 98.9 Å². The van der Waals surface area contributed by atoms with Crippen molar-refractivity contribution >= 4 is 29.0 Å². The molecule has 16 heavy (non-hydrogen) atoms. The third-order valence-electron chi connectivity index (χ3n) is 2.38. The van der Waals surface area contributed by atoms with Gasteiger partial charge >= 0.3 is 0 Å². The van der Waals surface area contributed by atoms with E-state index in [9.17, 15) is 4.79 Å². The SMILES string of the molecule is CCC1=Nc2ccc(Cl)cc2C(=O)N(C)N1. The first-order chi connectivity index (χ1) is 7.61. The summed E-state index contributed by atoms with van der Waals surface area (Å²) in [6.07, 6.45) is 0.736. The molecule has 0 saturated heterocycles. The number of amidine groups is 1. The number of aliphatic imine (C=N–C) groups is 1. The molecule has 0 spiro atoms. The number of halogens is 1. The van der Waals surface area contributed by atoms with E-state index in [0.29, 0.717) is 16.3 Å². The maximum atomic E-state index is 12.0. The minimum Gasteiger partial charge on any atom is -0.283 e. The van der Waals surface area contributed by atoms with Crippen LogP contribution in [0.15, 0.2) is 23.2 Å². The molecule has 1 aromatic carbocycles. The number of rotatable bonds is 1. The fourth-order valence-corrected chi connectivity index (χ4v) is 1.70. The summed E-state index contributed by atoms with van der Waals surface area (Å²) in [4.78, 5) is 16.4.